The van der Waals surface area contributed by atoms with Gasteiger partial charge in [-0.3, -0.25) is 0 Å². The molecule has 3 rings (SSSR count). The smallest absolute Gasteiger partial charge is 0.0331 e. The maximum Gasteiger partial charge on any atom is 0.0331 e. The van der Waals surface area contributed by atoms with E-state index in [2.05, 4.69) is 54.9 Å². The highest BCUT2D eigenvalue weighted by Crippen LogP contribution is 2.34. The summed E-state index contributed by atoms with van der Waals surface area (Å²) in [6.45, 7) is 2.24. The van der Waals surface area contributed by atoms with Crippen LogP contribution in [0.4, 0.5) is 5.69 Å². The Hall–Kier alpha value is -1.45. The molecule has 1 aliphatic rings. The van der Waals surface area contributed by atoms with Crippen molar-refractivity contribution in [2.45, 2.75) is 36.7 Å². The second-order valence-electron chi connectivity index (χ2n) is 5.71. The summed E-state index contributed by atoms with van der Waals surface area (Å²) in [6.07, 6.45) is 4.39. The van der Waals surface area contributed by atoms with E-state index in [0.717, 1.165) is 18.5 Å². The van der Waals surface area contributed by atoms with Gasteiger partial charge >= 0.3 is 0 Å². The molecule has 1 aliphatic carbocycles. The molecule has 0 fully saturated rings. The molecule has 2 aromatic rings. The van der Waals surface area contributed by atoms with Crippen molar-refractivity contribution >= 4 is 17.4 Å². The summed E-state index contributed by atoms with van der Waals surface area (Å²) in [5.41, 5.74) is 10.9. The fourth-order valence-electron chi connectivity index (χ4n) is 3.10. The Morgan fingerprint density at radius 1 is 1.19 bits per heavy atom. The monoisotopic (exact) mass is 298 g/mol. The Morgan fingerprint density at radius 2 is 1.95 bits per heavy atom. The van der Waals surface area contributed by atoms with Gasteiger partial charge in [-0.2, -0.15) is 0 Å². The number of benzene rings is 2. The van der Waals surface area contributed by atoms with Gasteiger partial charge < -0.3 is 11.1 Å². The molecule has 0 saturated heterocycles. The molecule has 0 saturated carbocycles. The molecule has 0 spiro atoms. The summed E-state index contributed by atoms with van der Waals surface area (Å²) in [4.78, 5) is 1.31. The van der Waals surface area contributed by atoms with Gasteiger partial charge in [-0.1, -0.05) is 18.2 Å². The molecule has 2 aromatic carbocycles. The van der Waals surface area contributed by atoms with Gasteiger partial charge in [0, 0.05) is 22.7 Å². The van der Waals surface area contributed by atoms with Crippen LogP contribution in [0.15, 0.2) is 47.4 Å². The Bertz CT molecular complexity index is 622. The summed E-state index contributed by atoms with van der Waals surface area (Å²) in [5, 5.41) is 3.76. The van der Waals surface area contributed by atoms with Gasteiger partial charge in [0.2, 0.25) is 0 Å². The van der Waals surface area contributed by atoms with E-state index >= 15 is 0 Å². The van der Waals surface area contributed by atoms with Crippen LogP contribution in [0.1, 0.15) is 42.1 Å². The van der Waals surface area contributed by atoms with Gasteiger partial charge in [-0.15, -0.1) is 11.8 Å². The lowest BCUT2D eigenvalue weighted by Gasteiger charge is -2.21. The standard InChI is InChI=1S/C18H22N2S/c1-12(13-3-7-16(21-2)8-4-13)20-18-10-5-14-11-15(19)6-9-17(14)18/h3-4,6-9,11-12,18,20H,5,10,19H2,1-2H3. The lowest BCUT2D eigenvalue weighted by atomic mass is 10.0. The molecule has 2 nitrogen and oxygen atoms in total. The summed E-state index contributed by atoms with van der Waals surface area (Å²) in [6, 6.07) is 15.9. The number of thioether (sulfide) groups is 1. The van der Waals surface area contributed by atoms with Crippen LogP contribution in [-0.2, 0) is 6.42 Å². The van der Waals surface area contributed by atoms with Crippen LogP contribution < -0.4 is 11.1 Å². The number of anilines is 1. The zero-order valence-corrected chi connectivity index (χ0v) is 13.4. The zero-order valence-electron chi connectivity index (χ0n) is 12.6. The van der Waals surface area contributed by atoms with E-state index in [-0.39, 0.29) is 0 Å². The third-order valence-electron chi connectivity index (χ3n) is 4.31. The van der Waals surface area contributed by atoms with Crippen molar-refractivity contribution in [1.82, 2.24) is 5.32 Å². The molecule has 3 heteroatoms. The number of nitrogen functional groups attached to an aromatic ring is 1. The van der Waals surface area contributed by atoms with E-state index in [4.69, 9.17) is 5.73 Å². The van der Waals surface area contributed by atoms with E-state index in [9.17, 15) is 0 Å². The Morgan fingerprint density at radius 3 is 2.67 bits per heavy atom. The van der Waals surface area contributed by atoms with Crippen LogP contribution >= 0.6 is 11.8 Å². The van der Waals surface area contributed by atoms with Crippen molar-refractivity contribution < 1.29 is 0 Å². The predicted octanol–water partition coefficient (Wildman–Crippen LogP) is 4.33. The van der Waals surface area contributed by atoms with E-state index in [1.165, 1.54) is 21.6 Å². The minimum absolute atomic E-state index is 0.356. The van der Waals surface area contributed by atoms with Crippen LogP contribution in [0.5, 0.6) is 0 Å². The van der Waals surface area contributed by atoms with Crippen LogP contribution in [0.25, 0.3) is 0 Å². The fourth-order valence-corrected chi connectivity index (χ4v) is 3.51. The average molecular weight is 298 g/mol. The van der Waals surface area contributed by atoms with Crippen molar-refractivity contribution in [3.05, 3.63) is 59.2 Å². The maximum absolute atomic E-state index is 5.87. The first-order valence-corrected chi connectivity index (χ1v) is 8.68. The lowest BCUT2D eigenvalue weighted by Crippen LogP contribution is -2.23. The van der Waals surface area contributed by atoms with Gasteiger partial charge in [0.05, 0.1) is 0 Å². The van der Waals surface area contributed by atoms with E-state index in [1.54, 1.807) is 11.8 Å². The number of rotatable bonds is 4. The van der Waals surface area contributed by atoms with Crippen molar-refractivity contribution in [3.8, 4) is 0 Å². The van der Waals surface area contributed by atoms with Gasteiger partial charge in [0.15, 0.2) is 0 Å². The highest BCUT2D eigenvalue weighted by atomic mass is 32.2. The Balaban J connectivity index is 1.72. The summed E-state index contributed by atoms with van der Waals surface area (Å²) >= 11 is 1.78. The molecule has 3 N–H and O–H groups in total. The summed E-state index contributed by atoms with van der Waals surface area (Å²) in [7, 11) is 0. The van der Waals surface area contributed by atoms with Gasteiger partial charge in [-0.05, 0) is 67.0 Å². The molecule has 0 aliphatic heterocycles. The number of hydrogen-bond donors (Lipinski definition) is 2. The van der Waals surface area contributed by atoms with Gasteiger partial charge in [-0.25, -0.2) is 0 Å². The predicted molar refractivity (Wildman–Crippen MR) is 91.7 cm³/mol. The minimum atomic E-state index is 0.356. The second kappa shape index (κ2) is 6.12. The molecule has 2 atom stereocenters. The molecule has 0 bridgehead atoms. The van der Waals surface area contributed by atoms with Gasteiger partial charge in [0.25, 0.3) is 0 Å². The van der Waals surface area contributed by atoms with E-state index in [0.29, 0.717) is 12.1 Å². The molecule has 110 valence electrons. The minimum Gasteiger partial charge on any atom is -0.399 e. The summed E-state index contributed by atoms with van der Waals surface area (Å²) < 4.78 is 0. The third-order valence-corrected chi connectivity index (χ3v) is 5.06. The Kier molecular flexibility index (Phi) is 4.22. The van der Waals surface area contributed by atoms with Crippen LogP contribution in [0.2, 0.25) is 0 Å². The molecular formula is C18H22N2S. The van der Waals surface area contributed by atoms with Crippen molar-refractivity contribution in [2.75, 3.05) is 12.0 Å². The quantitative estimate of drug-likeness (QED) is 0.652. The number of fused-ring (bicyclic) bond motifs is 1. The Labute approximate surface area is 131 Å². The number of hydrogen-bond acceptors (Lipinski definition) is 3. The first kappa shape index (κ1) is 14.5. The van der Waals surface area contributed by atoms with Crippen molar-refractivity contribution in [3.63, 3.8) is 0 Å². The molecular weight excluding hydrogens is 276 g/mol. The fraction of sp³-hybridized carbons (Fsp3) is 0.333. The molecule has 2 unspecified atom stereocenters. The highest BCUT2D eigenvalue weighted by Gasteiger charge is 2.23. The van der Waals surface area contributed by atoms with Crippen LogP contribution in [0.3, 0.4) is 0 Å². The number of aryl methyl sites for hydroxylation is 1. The SMILES string of the molecule is CSc1ccc(C(C)NC2CCc3cc(N)ccc32)cc1. The molecule has 0 radical (unpaired) electrons. The molecule has 0 amide bonds. The average Bonchev–Trinajstić information content (AvgIpc) is 2.89. The highest BCUT2D eigenvalue weighted by molar-refractivity contribution is 7.98. The topological polar surface area (TPSA) is 38.0 Å². The van der Waals surface area contributed by atoms with Crippen LogP contribution in [0, 0.1) is 0 Å². The zero-order chi connectivity index (χ0) is 14.8. The molecule has 21 heavy (non-hydrogen) atoms. The number of nitrogens with one attached hydrogen (secondary N) is 1. The van der Waals surface area contributed by atoms with E-state index < -0.39 is 0 Å². The van der Waals surface area contributed by atoms with Crippen molar-refractivity contribution in [2.24, 2.45) is 0 Å². The van der Waals surface area contributed by atoms with Crippen molar-refractivity contribution in [1.29, 1.82) is 0 Å². The second-order valence-corrected chi connectivity index (χ2v) is 6.59. The molecule has 0 aromatic heterocycles. The van der Waals surface area contributed by atoms with E-state index in [1.807, 2.05) is 6.07 Å². The number of nitrogens with two attached hydrogens (primary N) is 1. The maximum atomic E-state index is 5.87. The normalized spacial score (nSPS) is 18.5. The largest absolute Gasteiger partial charge is 0.399 e. The lowest BCUT2D eigenvalue weighted by molar-refractivity contribution is 0.465. The van der Waals surface area contributed by atoms with Crippen LogP contribution in [-0.4, -0.2) is 6.26 Å². The summed E-state index contributed by atoms with van der Waals surface area (Å²) in [5.74, 6) is 0. The third kappa shape index (κ3) is 3.09. The molecule has 0 heterocycles. The van der Waals surface area contributed by atoms with Gasteiger partial charge in [0.1, 0.15) is 0 Å². The first-order valence-electron chi connectivity index (χ1n) is 7.45. The first-order chi connectivity index (χ1) is 10.2.